The first-order valence-electron chi connectivity index (χ1n) is 7.39. The summed E-state index contributed by atoms with van der Waals surface area (Å²) in [5.74, 6) is 0.824. The summed E-state index contributed by atoms with van der Waals surface area (Å²) < 4.78 is 0. The van der Waals surface area contributed by atoms with E-state index in [1.165, 1.54) is 41.5 Å². The molecule has 0 heteroatoms. The lowest BCUT2D eigenvalue weighted by Gasteiger charge is -2.12. The van der Waals surface area contributed by atoms with Gasteiger partial charge in [0.1, 0.15) is 0 Å². The molecule has 0 saturated heterocycles. The number of benzene rings is 2. The highest BCUT2D eigenvalue weighted by atomic mass is 14.1. The molecule has 0 atom stereocenters. The zero-order chi connectivity index (χ0) is 13.7. The molecule has 0 nitrogen and oxygen atoms in total. The maximum absolute atomic E-state index is 2.29. The van der Waals surface area contributed by atoms with Gasteiger partial charge in [0.15, 0.2) is 0 Å². The second kappa shape index (κ2) is 6.56. The summed E-state index contributed by atoms with van der Waals surface area (Å²) in [6.07, 6.45) is 3.76. The number of rotatable bonds is 5. The molecule has 0 N–H and O–H groups in total. The quantitative estimate of drug-likeness (QED) is 0.646. The third-order valence-electron chi connectivity index (χ3n) is 4.02. The zero-order valence-corrected chi connectivity index (χ0v) is 12.3. The fraction of sp³-hybridized carbons (Fsp3) is 0.368. The molecule has 0 unspecified atom stereocenters. The van der Waals surface area contributed by atoms with Gasteiger partial charge in [0.25, 0.3) is 0 Å². The van der Waals surface area contributed by atoms with Crippen LogP contribution in [0.25, 0.3) is 11.1 Å². The Hall–Kier alpha value is -1.56. The zero-order valence-electron chi connectivity index (χ0n) is 12.3. The van der Waals surface area contributed by atoms with Gasteiger partial charge in [-0.1, -0.05) is 80.8 Å². The normalized spacial score (nSPS) is 10.9. The van der Waals surface area contributed by atoms with Gasteiger partial charge in [0.2, 0.25) is 0 Å². The average molecular weight is 252 g/mol. The highest BCUT2D eigenvalue weighted by Gasteiger charge is 2.05. The number of aryl methyl sites for hydroxylation is 1. The van der Waals surface area contributed by atoms with Gasteiger partial charge < -0.3 is 0 Å². The minimum Gasteiger partial charge on any atom is -0.0651 e. The van der Waals surface area contributed by atoms with Gasteiger partial charge in [-0.3, -0.25) is 0 Å². The molecule has 0 aliphatic heterocycles. The Kier molecular flexibility index (Phi) is 4.79. The first-order chi connectivity index (χ1) is 9.22. The van der Waals surface area contributed by atoms with E-state index in [4.69, 9.17) is 0 Å². The second-order valence-corrected chi connectivity index (χ2v) is 5.45. The Morgan fingerprint density at radius 1 is 0.737 bits per heavy atom. The van der Waals surface area contributed by atoms with Crippen molar-refractivity contribution in [3.8, 4) is 11.1 Å². The van der Waals surface area contributed by atoms with Crippen molar-refractivity contribution in [3.05, 3.63) is 59.7 Å². The molecule has 2 rings (SSSR count). The van der Waals surface area contributed by atoms with Crippen LogP contribution in [-0.2, 0) is 6.42 Å². The molecule has 0 amide bonds. The van der Waals surface area contributed by atoms with E-state index in [0.717, 1.165) is 5.92 Å². The summed E-state index contributed by atoms with van der Waals surface area (Å²) in [5.41, 5.74) is 5.40. The molecule has 100 valence electrons. The van der Waals surface area contributed by atoms with Gasteiger partial charge in [0, 0.05) is 0 Å². The van der Waals surface area contributed by atoms with Crippen LogP contribution in [0.2, 0.25) is 0 Å². The van der Waals surface area contributed by atoms with Crippen LogP contribution in [0.3, 0.4) is 0 Å². The maximum atomic E-state index is 2.29. The van der Waals surface area contributed by atoms with Crippen LogP contribution in [-0.4, -0.2) is 0 Å². The van der Waals surface area contributed by atoms with E-state index in [1.54, 1.807) is 0 Å². The van der Waals surface area contributed by atoms with E-state index in [0.29, 0.717) is 0 Å². The summed E-state index contributed by atoms with van der Waals surface area (Å²) in [4.78, 5) is 0. The van der Waals surface area contributed by atoms with Crippen molar-refractivity contribution < 1.29 is 0 Å². The first-order valence-corrected chi connectivity index (χ1v) is 7.39. The van der Waals surface area contributed by atoms with Crippen molar-refractivity contribution in [1.82, 2.24) is 0 Å². The van der Waals surface area contributed by atoms with Crippen LogP contribution in [0.5, 0.6) is 0 Å². The lowest BCUT2D eigenvalue weighted by Crippen LogP contribution is -2.01. The molecule has 0 aliphatic carbocycles. The molecule has 0 radical (unpaired) electrons. The van der Waals surface area contributed by atoms with E-state index < -0.39 is 0 Å². The minimum absolute atomic E-state index is 0.824. The Bertz CT molecular complexity index is 487. The third kappa shape index (κ3) is 3.70. The van der Waals surface area contributed by atoms with E-state index in [-0.39, 0.29) is 0 Å². The monoisotopic (exact) mass is 252 g/mol. The van der Waals surface area contributed by atoms with Gasteiger partial charge in [-0.15, -0.1) is 0 Å². The SMILES string of the molecule is CCC(CC)Cc1ccc(-c2ccc(C)cc2)cc1. The van der Waals surface area contributed by atoms with E-state index >= 15 is 0 Å². The van der Waals surface area contributed by atoms with Gasteiger partial charge in [0.05, 0.1) is 0 Å². The van der Waals surface area contributed by atoms with Crippen molar-refractivity contribution in [2.45, 2.75) is 40.0 Å². The fourth-order valence-corrected chi connectivity index (χ4v) is 2.49. The van der Waals surface area contributed by atoms with Gasteiger partial charge in [-0.25, -0.2) is 0 Å². The van der Waals surface area contributed by atoms with Crippen molar-refractivity contribution in [2.75, 3.05) is 0 Å². The molecule has 0 saturated carbocycles. The number of hydrogen-bond acceptors (Lipinski definition) is 0. The van der Waals surface area contributed by atoms with E-state index in [1.807, 2.05) is 0 Å². The second-order valence-electron chi connectivity index (χ2n) is 5.45. The smallest absolute Gasteiger partial charge is 0.0184 e. The van der Waals surface area contributed by atoms with E-state index in [2.05, 4.69) is 69.3 Å². The third-order valence-corrected chi connectivity index (χ3v) is 4.02. The topological polar surface area (TPSA) is 0 Å². The molecule has 0 aromatic heterocycles. The predicted molar refractivity (Wildman–Crippen MR) is 84.4 cm³/mol. The largest absolute Gasteiger partial charge is 0.0651 e. The molecule has 19 heavy (non-hydrogen) atoms. The van der Waals surface area contributed by atoms with Crippen LogP contribution in [0.15, 0.2) is 48.5 Å². The molecule has 0 heterocycles. The molecule has 0 spiro atoms. The maximum Gasteiger partial charge on any atom is -0.0184 e. The molecular weight excluding hydrogens is 228 g/mol. The number of hydrogen-bond donors (Lipinski definition) is 0. The van der Waals surface area contributed by atoms with Crippen LogP contribution in [0, 0.1) is 12.8 Å². The van der Waals surface area contributed by atoms with Gasteiger partial charge in [-0.05, 0) is 36.0 Å². The Morgan fingerprint density at radius 2 is 1.21 bits per heavy atom. The fourth-order valence-electron chi connectivity index (χ4n) is 2.49. The summed E-state index contributed by atoms with van der Waals surface area (Å²) in [7, 11) is 0. The Balaban J connectivity index is 2.12. The summed E-state index contributed by atoms with van der Waals surface area (Å²) in [6.45, 7) is 6.70. The lowest BCUT2D eigenvalue weighted by atomic mass is 9.93. The summed E-state index contributed by atoms with van der Waals surface area (Å²) in [6, 6.07) is 17.8. The van der Waals surface area contributed by atoms with Gasteiger partial charge in [-0.2, -0.15) is 0 Å². The van der Waals surface area contributed by atoms with Crippen LogP contribution in [0.4, 0.5) is 0 Å². The van der Waals surface area contributed by atoms with E-state index in [9.17, 15) is 0 Å². The Labute approximate surface area is 117 Å². The van der Waals surface area contributed by atoms with Crippen molar-refractivity contribution in [2.24, 2.45) is 5.92 Å². The molecule has 0 fully saturated rings. The molecule has 2 aromatic carbocycles. The lowest BCUT2D eigenvalue weighted by molar-refractivity contribution is 0.490. The molecule has 0 aliphatic rings. The minimum atomic E-state index is 0.824. The van der Waals surface area contributed by atoms with Crippen LogP contribution < -0.4 is 0 Å². The van der Waals surface area contributed by atoms with Gasteiger partial charge >= 0.3 is 0 Å². The predicted octanol–water partition coefficient (Wildman–Crippen LogP) is 5.64. The summed E-state index contributed by atoms with van der Waals surface area (Å²) >= 11 is 0. The first kappa shape index (κ1) is 13.9. The van der Waals surface area contributed by atoms with Crippen molar-refractivity contribution in [1.29, 1.82) is 0 Å². The molecule has 0 bridgehead atoms. The molecule has 2 aromatic rings. The Morgan fingerprint density at radius 3 is 1.68 bits per heavy atom. The average Bonchev–Trinajstić information content (AvgIpc) is 2.46. The molecular formula is C19H24. The van der Waals surface area contributed by atoms with Crippen molar-refractivity contribution >= 4 is 0 Å². The highest BCUT2D eigenvalue weighted by molar-refractivity contribution is 5.63. The van der Waals surface area contributed by atoms with Crippen LogP contribution >= 0.6 is 0 Å². The van der Waals surface area contributed by atoms with Crippen molar-refractivity contribution in [3.63, 3.8) is 0 Å². The standard InChI is InChI=1S/C19H24/c1-4-16(5-2)14-17-8-12-19(13-9-17)18-10-6-15(3)7-11-18/h6-13,16H,4-5,14H2,1-3H3. The van der Waals surface area contributed by atoms with Crippen LogP contribution in [0.1, 0.15) is 37.8 Å². The summed E-state index contributed by atoms with van der Waals surface area (Å²) in [5, 5.41) is 0. The highest BCUT2D eigenvalue weighted by Crippen LogP contribution is 2.22.